The third-order valence-electron chi connectivity index (χ3n) is 1.72. The number of nitrogens with zero attached hydrogens (tertiary/aromatic N) is 3. The number of carbonyl (C=O) groups is 1. The maximum Gasteiger partial charge on any atom is 0.413 e. The molecular formula is C9H12F2N4O4. The number of carbonyl (C=O) groups excluding carboxylic acids is 1. The van der Waals surface area contributed by atoms with E-state index in [-0.39, 0.29) is 4.68 Å². The van der Waals surface area contributed by atoms with Gasteiger partial charge in [0.2, 0.25) is 0 Å². The Labute approximate surface area is 106 Å². The van der Waals surface area contributed by atoms with E-state index in [4.69, 9.17) is 4.74 Å². The van der Waals surface area contributed by atoms with Gasteiger partial charge in [-0.05, 0) is 25.7 Å². The minimum Gasteiger partial charge on any atom is -0.444 e. The van der Waals surface area contributed by atoms with Gasteiger partial charge in [-0.1, -0.05) is 4.68 Å². The standard InChI is InChI=1S/C9H12F2N4O4/c1-9(2,3)19-8(16)12-5-4-6(15(17)18)13-14(5)7(10)11/h4,7H,1-3H3,(H,12,16). The van der Waals surface area contributed by atoms with E-state index in [0.717, 1.165) is 6.07 Å². The van der Waals surface area contributed by atoms with Gasteiger partial charge >= 0.3 is 18.5 Å². The maximum atomic E-state index is 12.6. The first kappa shape index (κ1) is 14.8. The number of aromatic nitrogens is 2. The van der Waals surface area contributed by atoms with E-state index in [1.165, 1.54) is 0 Å². The van der Waals surface area contributed by atoms with Crippen LogP contribution in [0.1, 0.15) is 27.3 Å². The van der Waals surface area contributed by atoms with E-state index >= 15 is 0 Å². The van der Waals surface area contributed by atoms with E-state index in [9.17, 15) is 23.7 Å². The fraction of sp³-hybridized carbons (Fsp3) is 0.556. The van der Waals surface area contributed by atoms with Crippen molar-refractivity contribution in [2.45, 2.75) is 32.9 Å². The monoisotopic (exact) mass is 278 g/mol. The lowest BCUT2D eigenvalue weighted by molar-refractivity contribution is -0.390. The second-order valence-electron chi connectivity index (χ2n) is 4.49. The van der Waals surface area contributed by atoms with Crippen LogP contribution in [-0.4, -0.2) is 26.4 Å². The van der Waals surface area contributed by atoms with E-state index in [2.05, 4.69) is 5.10 Å². The number of nitro groups is 1. The molecule has 0 saturated carbocycles. The number of halogens is 2. The molecule has 0 aliphatic rings. The summed E-state index contributed by atoms with van der Waals surface area (Å²) in [5.41, 5.74) is -0.828. The van der Waals surface area contributed by atoms with Gasteiger partial charge in [0, 0.05) is 0 Å². The predicted molar refractivity (Wildman–Crippen MR) is 60.0 cm³/mol. The number of anilines is 1. The van der Waals surface area contributed by atoms with Gasteiger partial charge in [-0.25, -0.2) is 4.79 Å². The van der Waals surface area contributed by atoms with Crippen LogP contribution in [0.15, 0.2) is 6.07 Å². The van der Waals surface area contributed by atoms with Gasteiger partial charge in [0.1, 0.15) is 5.60 Å². The van der Waals surface area contributed by atoms with Gasteiger partial charge in [0.05, 0.1) is 11.2 Å². The average molecular weight is 278 g/mol. The molecule has 0 aliphatic heterocycles. The highest BCUT2D eigenvalue weighted by Crippen LogP contribution is 2.23. The Balaban J connectivity index is 2.93. The molecule has 1 aromatic heterocycles. The normalized spacial score (nSPS) is 11.5. The highest BCUT2D eigenvalue weighted by molar-refractivity contribution is 5.84. The molecule has 1 amide bonds. The zero-order valence-electron chi connectivity index (χ0n) is 10.4. The molecule has 1 heterocycles. The molecule has 19 heavy (non-hydrogen) atoms. The maximum absolute atomic E-state index is 12.6. The van der Waals surface area contributed by atoms with Gasteiger partial charge in [-0.3, -0.25) is 5.32 Å². The Morgan fingerprint density at radius 2 is 2.16 bits per heavy atom. The van der Waals surface area contributed by atoms with Crippen LogP contribution >= 0.6 is 0 Å². The summed E-state index contributed by atoms with van der Waals surface area (Å²) in [5, 5.41) is 15.5. The van der Waals surface area contributed by atoms with Crippen molar-refractivity contribution in [1.82, 2.24) is 9.78 Å². The molecule has 0 aromatic carbocycles. The molecule has 1 rings (SSSR count). The largest absolute Gasteiger partial charge is 0.444 e. The number of nitrogens with one attached hydrogen (secondary N) is 1. The molecule has 0 unspecified atom stereocenters. The minimum absolute atomic E-state index is 0.0298. The molecule has 0 fully saturated rings. The first-order valence-electron chi connectivity index (χ1n) is 5.12. The summed E-state index contributed by atoms with van der Waals surface area (Å²) in [6.07, 6.45) is -1.01. The van der Waals surface area contributed by atoms with E-state index in [0.29, 0.717) is 0 Å². The lowest BCUT2D eigenvalue weighted by Gasteiger charge is -2.19. The number of hydrogen-bond donors (Lipinski definition) is 1. The lowest BCUT2D eigenvalue weighted by Crippen LogP contribution is -2.28. The summed E-state index contributed by atoms with van der Waals surface area (Å²) in [6.45, 7) is 1.62. The van der Waals surface area contributed by atoms with Crippen LogP contribution in [0.25, 0.3) is 0 Å². The van der Waals surface area contributed by atoms with Crippen LogP contribution in [0.2, 0.25) is 0 Å². The Bertz CT molecular complexity index is 495. The van der Waals surface area contributed by atoms with Crippen molar-refractivity contribution in [2.75, 3.05) is 5.32 Å². The van der Waals surface area contributed by atoms with Crippen molar-refractivity contribution < 1.29 is 23.2 Å². The van der Waals surface area contributed by atoms with Crippen molar-refractivity contribution in [3.8, 4) is 0 Å². The molecule has 0 spiro atoms. The first-order valence-corrected chi connectivity index (χ1v) is 5.12. The number of hydrogen-bond acceptors (Lipinski definition) is 5. The zero-order valence-corrected chi connectivity index (χ0v) is 10.4. The number of alkyl halides is 2. The van der Waals surface area contributed by atoms with Crippen molar-refractivity contribution >= 4 is 17.7 Å². The quantitative estimate of drug-likeness (QED) is 0.676. The van der Waals surface area contributed by atoms with Crippen molar-refractivity contribution in [1.29, 1.82) is 0 Å². The van der Waals surface area contributed by atoms with Crippen LogP contribution in [0.3, 0.4) is 0 Å². The van der Waals surface area contributed by atoms with Crippen molar-refractivity contribution in [2.24, 2.45) is 0 Å². The summed E-state index contributed by atoms with van der Waals surface area (Å²) < 4.78 is 30.0. The number of amides is 1. The molecule has 1 N–H and O–H groups in total. The predicted octanol–water partition coefficient (Wildman–Crippen LogP) is 2.53. The summed E-state index contributed by atoms with van der Waals surface area (Å²) in [5.74, 6) is -1.32. The fourth-order valence-electron chi connectivity index (χ4n) is 1.12. The van der Waals surface area contributed by atoms with Crippen molar-refractivity contribution in [3.05, 3.63) is 16.2 Å². The third kappa shape index (κ3) is 4.16. The molecule has 0 saturated heterocycles. The molecule has 0 atom stereocenters. The molecule has 1 aromatic rings. The summed E-state index contributed by atoms with van der Waals surface area (Å²) in [7, 11) is 0. The van der Waals surface area contributed by atoms with Crippen LogP contribution in [0, 0.1) is 10.1 Å². The second kappa shape index (κ2) is 5.16. The first-order chi connectivity index (χ1) is 8.60. The molecule has 106 valence electrons. The highest BCUT2D eigenvalue weighted by Gasteiger charge is 2.26. The Morgan fingerprint density at radius 3 is 2.58 bits per heavy atom. The minimum atomic E-state index is -3.13. The Morgan fingerprint density at radius 1 is 1.58 bits per heavy atom. The van der Waals surface area contributed by atoms with Gasteiger partial charge in [0.15, 0.2) is 5.82 Å². The van der Waals surface area contributed by atoms with Gasteiger partial charge in [-0.15, -0.1) is 0 Å². The van der Waals surface area contributed by atoms with Crippen LogP contribution < -0.4 is 5.32 Å². The van der Waals surface area contributed by atoms with E-state index < -0.39 is 34.8 Å². The SMILES string of the molecule is CC(C)(C)OC(=O)Nc1cc([N+](=O)[O-])nn1C(F)F. The summed E-state index contributed by atoms with van der Waals surface area (Å²) in [4.78, 5) is 20.9. The molecule has 0 aliphatic carbocycles. The summed E-state index contributed by atoms with van der Waals surface area (Å²) >= 11 is 0. The molecule has 0 bridgehead atoms. The molecular weight excluding hydrogens is 266 g/mol. The van der Waals surface area contributed by atoms with Gasteiger partial charge in [-0.2, -0.15) is 8.78 Å². The summed E-state index contributed by atoms with van der Waals surface area (Å²) in [6, 6.07) is 0.718. The molecule has 10 heteroatoms. The number of ether oxygens (including phenoxy) is 1. The van der Waals surface area contributed by atoms with Crippen LogP contribution in [0.5, 0.6) is 0 Å². The number of rotatable bonds is 3. The van der Waals surface area contributed by atoms with Gasteiger partial charge < -0.3 is 14.9 Å². The van der Waals surface area contributed by atoms with Crippen LogP contribution in [-0.2, 0) is 4.74 Å². The average Bonchev–Trinajstić information content (AvgIpc) is 2.58. The fourth-order valence-corrected chi connectivity index (χ4v) is 1.12. The smallest absolute Gasteiger partial charge is 0.413 e. The Kier molecular flexibility index (Phi) is 4.02. The molecule has 8 nitrogen and oxygen atoms in total. The lowest BCUT2D eigenvalue weighted by atomic mass is 10.2. The van der Waals surface area contributed by atoms with Crippen LogP contribution in [0.4, 0.5) is 25.2 Å². The second-order valence-corrected chi connectivity index (χ2v) is 4.49. The molecule has 0 radical (unpaired) electrons. The van der Waals surface area contributed by atoms with Gasteiger partial charge in [0.25, 0.3) is 0 Å². The highest BCUT2D eigenvalue weighted by atomic mass is 19.3. The Hall–Kier alpha value is -2.26. The van der Waals surface area contributed by atoms with Crippen molar-refractivity contribution in [3.63, 3.8) is 0 Å². The van der Waals surface area contributed by atoms with E-state index in [1.807, 2.05) is 5.32 Å². The zero-order chi connectivity index (χ0) is 14.8. The van der Waals surface area contributed by atoms with E-state index in [1.54, 1.807) is 20.8 Å². The third-order valence-corrected chi connectivity index (χ3v) is 1.72. The topological polar surface area (TPSA) is 99.3 Å².